The van der Waals surface area contributed by atoms with Gasteiger partial charge in [0, 0.05) is 16.6 Å². The number of nitrogens with zero attached hydrogens (tertiary/aromatic N) is 1. The smallest absolute Gasteiger partial charge is 0.282 e. The van der Waals surface area contributed by atoms with E-state index in [9.17, 15) is 13.2 Å². The Labute approximate surface area is 97.6 Å². The van der Waals surface area contributed by atoms with Crippen molar-refractivity contribution in [3.8, 4) is 0 Å². The lowest BCUT2D eigenvalue weighted by Crippen LogP contribution is -2.43. The summed E-state index contributed by atoms with van der Waals surface area (Å²) < 4.78 is 38.4. The minimum atomic E-state index is -4.34. The third kappa shape index (κ3) is 3.07. The Morgan fingerprint density at radius 2 is 1.88 bits per heavy atom. The van der Waals surface area contributed by atoms with Crippen molar-refractivity contribution in [3.05, 3.63) is 24.3 Å². The molecule has 0 aliphatic carbocycles. The van der Waals surface area contributed by atoms with Crippen LogP contribution in [0.5, 0.6) is 0 Å². The van der Waals surface area contributed by atoms with Gasteiger partial charge in [0.2, 0.25) is 0 Å². The van der Waals surface area contributed by atoms with Crippen molar-refractivity contribution in [3.63, 3.8) is 0 Å². The van der Waals surface area contributed by atoms with Crippen LogP contribution in [0, 0.1) is 0 Å². The lowest BCUT2D eigenvalue weighted by atomic mass is 10.2. The lowest BCUT2D eigenvalue weighted by Gasteiger charge is -2.30. The van der Waals surface area contributed by atoms with Gasteiger partial charge in [0.05, 0.1) is 0 Å². The van der Waals surface area contributed by atoms with E-state index in [-0.39, 0.29) is 5.69 Å². The first-order valence-electron chi connectivity index (χ1n) is 4.86. The first-order chi connectivity index (χ1) is 7.36. The molecule has 0 bridgehead atoms. The quantitative estimate of drug-likeness (QED) is 0.585. The zero-order valence-corrected chi connectivity index (χ0v) is 10.2. The molecule has 0 aromatic heterocycles. The highest BCUT2D eigenvalue weighted by molar-refractivity contribution is 7.98. The highest BCUT2D eigenvalue weighted by Gasteiger charge is 2.39. The largest absolute Gasteiger partial charge is 0.485 e. The van der Waals surface area contributed by atoms with Crippen LogP contribution in [-0.4, -0.2) is 18.6 Å². The van der Waals surface area contributed by atoms with Crippen molar-refractivity contribution < 1.29 is 13.2 Å². The highest BCUT2D eigenvalue weighted by Crippen LogP contribution is 2.32. The summed E-state index contributed by atoms with van der Waals surface area (Å²) in [6.45, 7) is 3.05. The van der Waals surface area contributed by atoms with Crippen molar-refractivity contribution in [1.82, 2.24) is 0 Å². The fourth-order valence-corrected chi connectivity index (χ4v) is 1.95. The van der Waals surface area contributed by atoms with E-state index in [1.54, 1.807) is 18.2 Å². The second-order valence-corrected chi connectivity index (χ2v) is 4.51. The SMILES string of the molecule is CSc1cccc(N(C(C)C)C(F)(F)F)c1. The third-order valence-corrected chi connectivity index (χ3v) is 2.85. The highest BCUT2D eigenvalue weighted by atomic mass is 32.2. The normalized spacial score (nSPS) is 11.9. The number of benzene rings is 1. The van der Waals surface area contributed by atoms with E-state index in [0.29, 0.717) is 4.90 Å². The number of anilines is 1. The van der Waals surface area contributed by atoms with E-state index in [4.69, 9.17) is 0 Å². The number of hydrogen-bond donors (Lipinski definition) is 0. The van der Waals surface area contributed by atoms with Gasteiger partial charge >= 0.3 is 6.30 Å². The Morgan fingerprint density at radius 3 is 2.31 bits per heavy atom. The Balaban J connectivity index is 3.11. The Morgan fingerprint density at radius 1 is 1.25 bits per heavy atom. The maximum Gasteiger partial charge on any atom is 0.485 e. The predicted molar refractivity (Wildman–Crippen MR) is 61.9 cm³/mol. The second-order valence-electron chi connectivity index (χ2n) is 3.63. The number of thioether (sulfide) groups is 1. The molecule has 0 saturated carbocycles. The van der Waals surface area contributed by atoms with Gasteiger partial charge in [-0.25, -0.2) is 0 Å². The average molecular weight is 249 g/mol. The fraction of sp³-hybridized carbons (Fsp3) is 0.455. The van der Waals surface area contributed by atoms with Crippen LogP contribution >= 0.6 is 11.8 Å². The summed E-state index contributed by atoms with van der Waals surface area (Å²) in [5, 5.41) is 0. The summed E-state index contributed by atoms with van der Waals surface area (Å²) in [6, 6.07) is 5.86. The molecule has 0 radical (unpaired) electrons. The molecule has 0 unspecified atom stereocenters. The van der Waals surface area contributed by atoms with Crippen LogP contribution < -0.4 is 4.90 Å². The van der Waals surface area contributed by atoms with Gasteiger partial charge in [-0.05, 0) is 38.3 Å². The molecule has 90 valence electrons. The van der Waals surface area contributed by atoms with E-state index in [1.807, 2.05) is 6.26 Å². The standard InChI is InChI=1S/C11H14F3NS/c1-8(2)15(11(12,13)14)9-5-4-6-10(7-9)16-3/h4-8H,1-3H3. The van der Waals surface area contributed by atoms with Crippen molar-refractivity contribution in [2.75, 3.05) is 11.2 Å². The summed E-state index contributed by atoms with van der Waals surface area (Å²) in [6.07, 6.45) is -2.50. The van der Waals surface area contributed by atoms with Crippen LogP contribution in [0.2, 0.25) is 0 Å². The third-order valence-electron chi connectivity index (χ3n) is 2.12. The summed E-state index contributed by atoms with van der Waals surface area (Å²) in [7, 11) is 0. The second kappa shape index (κ2) is 4.99. The Hall–Kier alpha value is -0.840. The first kappa shape index (κ1) is 13.2. The number of rotatable bonds is 3. The van der Waals surface area contributed by atoms with E-state index in [0.717, 1.165) is 4.90 Å². The summed E-state index contributed by atoms with van der Waals surface area (Å²) in [4.78, 5) is 1.29. The molecule has 0 aliphatic heterocycles. The van der Waals surface area contributed by atoms with Crippen molar-refractivity contribution in [2.24, 2.45) is 0 Å². The molecule has 0 heterocycles. The van der Waals surface area contributed by atoms with Crippen LogP contribution in [0.4, 0.5) is 18.9 Å². The minimum Gasteiger partial charge on any atom is -0.282 e. The van der Waals surface area contributed by atoms with Crippen molar-refractivity contribution >= 4 is 17.4 Å². The first-order valence-corrected chi connectivity index (χ1v) is 6.09. The van der Waals surface area contributed by atoms with E-state index in [2.05, 4.69) is 0 Å². The summed E-state index contributed by atoms with van der Waals surface area (Å²) in [5.74, 6) is 0. The van der Waals surface area contributed by atoms with Gasteiger partial charge in [-0.2, -0.15) is 13.2 Å². The molecule has 1 nitrogen and oxygen atoms in total. The molecule has 0 spiro atoms. The number of alkyl halides is 3. The summed E-state index contributed by atoms with van der Waals surface area (Å²) >= 11 is 1.43. The molecule has 1 aromatic rings. The minimum absolute atomic E-state index is 0.189. The molecule has 5 heteroatoms. The molecule has 0 aliphatic rings. The molecule has 1 aromatic carbocycles. The average Bonchev–Trinajstić information content (AvgIpc) is 2.15. The molecule has 0 fully saturated rings. The van der Waals surface area contributed by atoms with E-state index >= 15 is 0 Å². The Kier molecular flexibility index (Phi) is 4.13. The molecular formula is C11H14F3NS. The van der Waals surface area contributed by atoms with Crippen LogP contribution in [0.15, 0.2) is 29.2 Å². The molecule has 0 atom stereocenters. The number of halogens is 3. The zero-order valence-electron chi connectivity index (χ0n) is 9.38. The lowest BCUT2D eigenvalue weighted by molar-refractivity contribution is -0.133. The van der Waals surface area contributed by atoms with E-state index < -0.39 is 12.3 Å². The van der Waals surface area contributed by atoms with Gasteiger partial charge in [-0.3, -0.25) is 4.90 Å². The van der Waals surface area contributed by atoms with Gasteiger partial charge < -0.3 is 0 Å². The van der Waals surface area contributed by atoms with Gasteiger partial charge in [0.25, 0.3) is 0 Å². The Bertz CT molecular complexity index is 349. The van der Waals surface area contributed by atoms with Gasteiger partial charge in [-0.15, -0.1) is 11.8 Å². The molecule has 16 heavy (non-hydrogen) atoms. The van der Waals surface area contributed by atoms with E-state index in [1.165, 1.54) is 31.7 Å². The monoisotopic (exact) mass is 249 g/mol. The molecule has 0 amide bonds. The zero-order chi connectivity index (χ0) is 12.3. The van der Waals surface area contributed by atoms with Crippen LogP contribution in [-0.2, 0) is 0 Å². The van der Waals surface area contributed by atoms with Gasteiger partial charge in [0.1, 0.15) is 0 Å². The molecule has 0 saturated heterocycles. The molecular weight excluding hydrogens is 235 g/mol. The maximum atomic E-state index is 12.8. The maximum absolute atomic E-state index is 12.8. The van der Waals surface area contributed by atoms with Crippen LogP contribution in [0.1, 0.15) is 13.8 Å². The van der Waals surface area contributed by atoms with Crippen LogP contribution in [0.3, 0.4) is 0 Å². The summed E-state index contributed by atoms with van der Waals surface area (Å²) in [5.41, 5.74) is 0.189. The predicted octanol–water partition coefficient (Wildman–Crippen LogP) is 4.14. The van der Waals surface area contributed by atoms with Crippen molar-refractivity contribution in [2.45, 2.75) is 31.1 Å². The van der Waals surface area contributed by atoms with Crippen LogP contribution in [0.25, 0.3) is 0 Å². The number of hydrogen-bond acceptors (Lipinski definition) is 2. The topological polar surface area (TPSA) is 3.24 Å². The van der Waals surface area contributed by atoms with Gasteiger partial charge in [-0.1, -0.05) is 6.07 Å². The van der Waals surface area contributed by atoms with Gasteiger partial charge in [0.15, 0.2) is 0 Å². The molecule has 1 rings (SSSR count). The van der Waals surface area contributed by atoms with Crippen molar-refractivity contribution in [1.29, 1.82) is 0 Å². The fourth-order valence-electron chi connectivity index (χ4n) is 1.50. The molecule has 0 N–H and O–H groups in total.